The summed E-state index contributed by atoms with van der Waals surface area (Å²) in [7, 11) is 0. The second-order valence-electron chi connectivity index (χ2n) is 5.52. The number of hydrogen-bond donors (Lipinski definition) is 2. The predicted octanol–water partition coefficient (Wildman–Crippen LogP) is 2.63. The van der Waals surface area contributed by atoms with Crippen LogP contribution in [0.15, 0.2) is 24.3 Å². The van der Waals surface area contributed by atoms with Crippen molar-refractivity contribution < 1.29 is 9.53 Å². The number of anilines is 1. The third kappa shape index (κ3) is 5.18. The lowest BCUT2D eigenvalue weighted by molar-refractivity contribution is 0.0773. The van der Waals surface area contributed by atoms with Gasteiger partial charge in [0.15, 0.2) is 5.11 Å². The molecule has 0 bridgehead atoms. The molecule has 23 heavy (non-hydrogen) atoms. The molecule has 0 aromatic heterocycles. The Morgan fingerprint density at radius 3 is 2.57 bits per heavy atom. The van der Waals surface area contributed by atoms with E-state index in [-0.39, 0.29) is 12.0 Å². The van der Waals surface area contributed by atoms with Gasteiger partial charge < -0.3 is 20.3 Å². The lowest BCUT2D eigenvalue weighted by Gasteiger charge is -2.19. The van der Waals surface area contributed by atoms with Gasteiger partial charge in [0.2, 0.25) is 0 Å². The van der Waals surface area contributed by atoms with Crippen molar-refractivity contribution in [3.05, 3.63) is 29.8 Å². The normalized spacial score (nSPS) is 16.9. The second-order valence-corrected chi connectivity index (χ2v) is 5.93. The summed E-state index contributed by atoms with van der Waals surface area (Å²) < 4.78 is 5.55. The summed E-state index contributed by atoms with van der Waals surface area (Å²) in [6.45, 7) is 6.96. The van der Waals surface area contributed by atoms with Crippen LogP contribution >= 0.6 is 12.2 Å². The van der Waals surface area contributed by atoms with Crippen LogP contribution in [0, 0.1) is 0 Å². The quantitative estimate of drug-likeness (QED) is 0.783. The van der Waals surface area contributed by atoms with Gasteiger partial charge in [0.1, 0.15) is 0 Å². The summed E-state index contributed by atoms with van der Waals surface area (Å²) in [6, 6.07) is 7.39. The van der Waals surface area contributed by atoms with Gasteiger partial charge in [-0.15, -0.1) is 0 Å². The van der Waals surface area contributed by atoms with E-state index in [4.69, 9.17) is 17.0 Å². The zero-order valence-corrected chi connectivity index (χ0v) is 14.6. The Kier molecular flexibility index (Phi) is 6.80. The van der Waals surface area contributed by atoms with Crippen molar-refractivity contribution in [1.82, 2.24) is 10.2 Å². The number of hydrogen-bond acceptors (Lipinski definition) is 3. The molecule has 1 aliphatic heterocycles. The first-order valence-electron chi connectivity index (χ1n) is 8.19. The van der Waals surface area contributed by atoms with Crippen LogP contribution in [0.4, 0.5) is 5.69 Å². The molecule has 0 spiro atoms. The van der Waals surface area contributed by atoms with Gasteiger partial charge in [0.05, 0.1) is 6.10 Å². The highest BCUT2D eigenvalue weighted by Gasteiger charge is 2.15. The van der Waals surface area contributed by atoms with Crippen molar-refractivity contribution >= 4 is 28.9 Å². The Balaban J connectivity index is 1.84. The van der Waals surface area contributed by atoms with Crippen LogP contribution in [0.1, 0.15) is 37.0 Å². The van der Waals surface area contributed by atoms with Crippen LogP contribution in [0.3, 0.4) is 0 Å². The minimum atomic E-state index is 0.0561. The van der Waals surface area contributed by atoms with Crippen molar-refractivity contribution in [3.8, 4) is 0 Å². The SMILES string of the molecule is CCN(CC)C(=O)c1ccc(NC(=S)NC[C@H]2CCCO2)cc1. The van der Waals surface area contributed by atoms with E-state index < -0.39 is 0 Å². The van der Waals surface area contributed by atoms with Crippen molar-refractivity contribution in [2.45, 2.75) is 32.8 Å². The topological polar surface area (TPSA) is 53.6 Å². The van der Waals surface area contributed by atoms with Crippen LogP contribution in [-0.4, -0.2) is 48.3 Å². The van der Waals surface area contributed by atoms with Gasteiger partial charge in [0, 0.05) is 37.5 Å². The average molecular weight is 335 g/mol. The highest BCUT2D eigenvalue weighted by atomic mass is 32.1. The molecule has 1 atom stereocenters. The molecule has 1 fully saturated rings. The van der Waals surface area contributed by atoms with Crippen LogP contribution in [0.5, 0.6) is 0 Å². The first kappa shape index (κ1) is 17.7. The first-order valence-corrected chi connectivity index (χ1v) is 8.60. The fourth-order valence-electron chi connectivity index (χ4n) is 2.58. The summed E-state index contributed by atoms with van der Waals surface area (Å²) in [5, 5.41) is 6.87. The van der Waals surface area contributed by atoms with E-state index in [1.165, 1.54) is 0 Å². The van der Waals surface area contributed by atoms with E-state index in [2.05, 4.69) is 10.6 Å². The minimum absolute atomic E-state index is 0.0561. The molecule has 0 aliphatic carbocycles. The van der Waals surface area contributed by atoms with Crippen molar-refractivity contribution in [1.29, 1.82) is 0 Å². The van der Waals surface area contributed by atoms with Gasteiger partial charge in [0.25, 0.3) is 5.91 Å². The predicted molar refractivity (Wildman–Crippen MR) is 96.9 cm³/mol. The molecule has 0 saturated carbocycles. The third-order valence-corrected chi connectivity index (χ3v) is 4.20. The maximum absolute atomic E-state index is 12.2. The molecule has 0 radical (unpaired) electrons. The summed E-state index contributed by atoms with van der Waals surface area (Å²) in [6.07, 6.45) is 2.45. The zero-order valence-electron chi connectivity index (χ0n) is 13.8. The molecule has 1 aliphatic rings. The van der Waals surface area contributed by atoms with Gasteiger partial charge >= 0.3 is 0 Å². The molecule has 126 valence electrons. The molecule has 1 saturated heterocycles. The molecular weight excluding hydrogens is 310 g/mol. The number of carbonyl (C=O) groups excluding carboxylic acids is 1. The van der Waals surface area contributed by atoms with E-state index >= 15 is 0 Å². The van der Waals surface area contributed by atoms with Gasteiger partial charge in [-0.1, -0.05) is 0 Å². The van der Waals surface area contributed by atoms with Gasteiger partial charge in [-0.05, 0) is 63.2 Å². The molecular formula is C17H25N3O2S. The van der Waals surface area contributed by atoms with Crippen LogP contribution in [-0.2, 0) is 4.74 Å². The first-order chi connectivity index (χ1) is 11.1. The number of ether oxygens (including phenoxy) is 1. The Hall–Kier alpha value is -1.66. The van der Waals surface area contributed by atoms with Crippen LogP contribution in [0.25, 0.3) is 0 Å². The Bertz CT molecular complexity index is 523. The highest BCUT2D eigenvalue weighted by Crippen LogP contribution is 2.13. The van der Waals surface area contributed by atoms with Crippen molar-refractivity contribution in [2.24, 2.45) is 0 Å². The number of carbonyl (C=O) groups is 1. The lowest BCUT2D eigenvalue weighted by Crippen LogP contribution is -2.34. The standard InChI is InChI=1S/C17H25N3O2S/c1-3-20(4-2)16(21)13-7-9-14(10-8-13)19-17(23)18-12-15-6-5-11-22-15/h7-10,15H,3-6,11-12H2,1-2H3,(H2,18,19,23)/t15-/m1/s1. The molecule has 5 nitrogen and oxygen atoms in total. The van der Waals surface area contributed by atoms with E-state index in [0.29, 0.717) is 23.8 Å². The molecule has 1 aromatic rings. The van der Waals surface area contributed by atoms with Gasteiger partial charge in [-0.2, -0.15) is 0 Å². The van der Waals surface area contributed by atoms with Gasteiger partial charge in [-0.25, -0.2) is 0 Å². The number of amides is 1. The Morgan fingerprint density at radius 1 is 1.30 bits per heavy atom. The van der Waals surface area contributed by atoms with Gasteiger partial charge in [-0.3, -0.25) is 4.79 Å². The van der Waals surface area contributed by atoms with E-state index in [9.17, 15) is 4.79 Å². The van der Waals surface area contributed by atoms with E-state index in [0.717, 1.165) is 31.7 Å². The monoisotopic (exact) mass is 335 g/mol. The Morgan fingerprint density at radius 2 is 2.00 bits per heavy atom. The minimum Gasteiger partial charge on any atom is -0.376 e. The van der Waals surface area contributed by atoms with E-state index in [1.54, 1.807) is 4.90 Å². The van der Waals surface area contributed by atoms with Crippen LogP contribution < -0.4 is 10.6 Å². The maximum Gasteiger partial charge on any atom is 0.253 e. The molecule has 0 unspecified atom stereocenters. The maximum atomic E-state index is 12.2. The number of rotatable bonds is 6. The fourth-order valence-corrected chi connectivity index (χ4v) is 2.78. The van der Waals surface area contributed by atoms with E-state index in [1.807, 2.05) is 38.1 Å². The average Bonchev–Trinajstić information content (AvgIpc) is 3.08. The fraction of sp³-hybridized carbons (Fsp3) is 0.529. The number of benzene rings is 1. The number of nitrogens with zero attached hydrogens (tertiary/aromatic N) is 1. The number of nitrogens with one attached hydrogen (secondary N) is 2. The highest BCUT2D eigenvalue weighted by molar-refractivity contribution is 7.80. The van der Waals surface area contributed by atoms with Crippen molar-refractivity contribution in [3.63, 3.8) is 0 Å². The smallest absolute Gasteiger partial charge is 0.253 e. The largest absolute Gasteiger partial charge is 0.376 e. The molecule has 1 heterocycles. The zero-order chi connectivity index (χ0) is 16.7. The summed E-state index contributed by atoms with van der Waals surface area (Å²) in [5.74, 6) is 0.0561. The lowest BCUT2D eigenvalue weighted by atomic mass is 10.2. The third-order valence-electron chi connectivity index (χ3n) is 3.95. The molecule has 1 aromatic carbocycles. The summed E-state index contributed by atoms with van der Waals surface area (Å²) in [4.78, 5) is 14.0. The van der Waals surface area contributed by atoms with Crippen molar-refractivity contribution in [2.75, 3.05) is 31.6 Å². The molecule has 6 heteroatoms. The number of thiocarbonyl (C=S) groups is 1. The summed E-state index contributed by atoms with van der Waals surface area (Å²) >= 11 is 5.28. The molecule has 1 amide bonds. The Labute approximate surface area is 143 Å². The summed E-state index contributed by atoms with van der Waals surface area (Å²) in [5.41, 5.74) is 1.56. The van der Waals surface area contributed by atoms with Crippen LogP contribution in [0.2, 0.25) is 0 Å². The molecule has 2 rings (SSSR count). The molecule has 2 N–H and O–H groups in total. The second kappa shape index (κ2) is 8.84.